The van der Waals surface area contributed by atoms with Crippen LogP contribution in [0.2, 0.25) is 0 Å². The van der Waals surface area contributed by atoms with Crippen LogP contribution in [0.5, 0.6) is 0 Å². The van der Waals surface area contributed by atoms with E-state index in [0.29, 0.717) is 0 Å². The summed E-state index contributed by atoms with van der Waals surface area (Å²) >= 11 is 5.00. The zero-order valence-corrected chi connectivity index (χ0v) is 7.78. The molecule has 0 fully saturated rings. The number of rotatable bonds is 2. The van der Waals surface area contributed by atoms with E-state index in [4.69, 9.17) is 11.6 Å². The second kappa shape index (κ2) is 15.7. The first kappa shape index (κ1) is 11.3. The van der Waals surface area contributed by atoms with Gasteiger partial charge in [0.15, 0.2) is 0 Å². The Balaban J connectivity index is 0. The Kier molecular flexibility index (Phi) is 22.0. The van der Waals surface area contributed by atoms with Crippen LogP contribution in [0.15, 0.2) is 0 Å². The zero-order chi connectivity index (χ0) is 6.83. The standard InChI is InChI=1S/C2H5Cl.C2H8O2Si/c1-2-3;1-3-5-4-2/h2H2,1H3;5H2,1-2H3. The van der Waals surface area contributed by atoms with Crippen molar-refractivity contribution in [3.05, 3.63) is 0 Å². The predicted octanol–water partition coefficient (Wildman–Crippen LogP) is 0.523. The first-order valence-corrected chi connectivity index (χ1v) is 4.06. The fourth-order valence-electron chi connectivity index (χ4n) is 0.118. The summed E-state index contributed by atoms with van der Waals surface area (Å²) in [6.07, 6.45) is 0. The van der Waals surface area contributed by atoms with E-state index >= 15 is 0 Å². The molecule has 8 heavy (non-hydrogen) atoms. The predicted molar refractivity (Wildman–Crippen MR) is 39.0 cm³/mol. The van der Waals surface area contributed by atoms with E-state index < -0.39 is 10.0 Å². The lowest BCUT2D eigenvalue weighted by molar-refractivity contribution is 0.309. The van der Waals surface area contributed by atoms with Crippen molar-refractivity contribution < 1.29 is 8.85 Å². The van der Waals surface area contributed by atoms with E-state index in [1.54, 1.807) is 14.2 Å². The molecule has 52 valence electrons. The molecular formula is C4H13ClO2Si. The maximum Gasteiger partial charge on any atom is 0.303 e. The summed E-state index contributed by atoms with van der Waals surface area (Å²) in [4.78, 5) is 0. The average molecular weight is 157 g/mol. The topological polar surface area (TPSA) is 18.5 Å². The van der Waals surface area contributed by atoms with E-state index in [1.165, 1.54) is 0 Å². The van der Waals surface area contributed by atoms with Crippen LogP contribution in [0.1, 0.15) is 6.92 Å². The normalized spacial score (nSPS) is 7.50. The first-order valence-electron chi connectivity index (χ1n) is 2.37. The third-order valence-electron chi connectivity index (χ3n) is 0.236. The lowest BCUT2D eigenvalue weighted by atomic mass is 11.0. The molecule has 0 aliphatic rings. The van der Waals surface area contributed by atoms with Gasteiger partial charge in [0.05, 0.1) is 0 Å². The molecule has 0 heterocycles. The molecule has 0 rings (SSSR count). The third kappa shape index (κ3) is 32.1. The molecule has 0 bridgehead atoms. The molecule has 0 aromatic heterocycles. The maximum absolute atomic E-state index is 5.00. The fraction of sp³-hybridized carbons (Fsp3) is 1.00. The molecule has 0 atom stereocenters. The van der Waals surface area contributed by atoms with Crippen LogP contribution >= 0.6 is 11.6 Å². The van der Waals surface area contributed by atoms with E-state index in [1.807, 2.05) is 6.92 Å². The van der Waals surface area contributed by atoms with Crippen molar-refractivity contribution in [1.82, 2.24) is 0 Å². The van der Waals surface area contributed by atoms with E-state index in [-0.39, 0.29) is 0 Å². The van der Waals surface area contributed by atoms with Gasteiger partial charge in [0.25, 0.3) is 0 Å². The quantitative estimate of drug-likeness (QED) is 0.429. The highest BCUT2D eigenvalue weighted by Crippen LogP contribution is 1.59. The molecule has 4 heteroatoms. The molecule has 0 aliphatic carbocycles. The second-order valence-corrected chi connectivity index (χ2v) is 2.89. The van der Waals surface area contributed by atoms with E-state index in [9.17, 15) is 0 Å². The van der Waals surface area contributed by atoms with Crippen molar-refractivity contribution in [2.75, 3.05) is 20.1 Å². The van der Waals surface area contributed by atoms with Crippen LogP contribution < -0.4 is 0 Å². The lowest BCUT2D eigenvalue weighted by Crippen LogP contribution is -1.93. The molecule has 0 amide bonds. The van der Waals surface area contributed by atoms with Gasteiger partial charge in [0.2, 0.25) is 0 Å². The van der Waals surface area contributed by atoms with Crippen molar-refractivity contribution in [3.63, 3.8) is 0 Å². The second-order valence-electron chi connectivity index (χ2n) is 0.962. The molecule has 0 unspecified atom stereocenters. The highest BCUT2D eigenvalue weighted by molar-refractivity contribution is 6.17. The largest absolute Gasteiger partial charge is 0.402 e. The molecule has 0 spiro atoms. The summed E-state index contributed by atoms with van der Waals surface area (Å²) in [5.41, 5.74) is 0. The number of hydrogen-bond acceptors (Lipinski definition) is 2. The summed E-state index contributed by atoms with van der Waals surface area (Å²) < 4.78 is 9.22. The number of halogens is 1. The van der Waals surface area contributed by atoms with Crippen molar-refractivity contribution in [2.24, 2.45) is 0 Å². The fourth-order valence-corrected chi connectivity index (χ4v) is 0.354. The molecule has 0 radical (unpaired) electrons. The van der Waals surface area contributed by atoms with Gasteiger partial charge in [-0.25, -0.2) is 0 Å². The van der Waals surface area contributed by atoms with Crippen LogP contribution in [0.4, 0.5) is 0 Å². The van der Waals surface area contributed by atoms with Gasteiger partial charge < -0.3 is 8.85 Å². The molecule has 0 saturated heterocycles. The van der Waals surface area contributed by atoms with Gasteiger partial charge in [0.1, 0.15) is 0 Å². The van der Waals surface area contributed by atoms with Gasteiger partial charge in [-0.05, 0) is 0 Å². The van der Waals surface area contributed by atoms with Crippen LogP contribution in [0.3, 0.4) is 0 Å². The first-order chi connectivity index (χ1) is 3.83. The van der Waals surface area contributed by atoms with Gasteiger partial charge >= 0.3 is 10.0 Å². The lowest BCUT2D eigenvalue weighted by Gasteiger charge is -1.86. The van der Waals surface area contributed by atoms with Gasteiger partial charge in [0, 0.05) is 20.1 Å². The van der Waals surface area contributed by atoms with E-state index in [2.05, 4.69) is 8.85 Å². The molecule has 0 saturated carbocycles. The molecular weight excluding hydrogens is 144 g/mol. The van der Waals surface area contributed by atoms with Gasteiger partial charge in [-0.15, -0.1) is 11.6 Å². The highest BCUT2D eigenvalue weighted by atomic mass is 35.5. The smallest absolute Gasteiger partial charge is 0.303 e. The SMILES string of the molecule is CCCl.CO[SiH2]OC. The van der Waals surface area contributed by atoms with Crippen molar-refractivity contribution in [1.29, 1.82) is 0 Å². The van der Waals surface area contributed by atoms with Gasteiger partial charge in [-0.3, -0.25) is 0 Å². The Morgan fingerprint density at radius 2 is 1.62 bits per heavy atom. The Morgan fingerprint density at radius 3 is 1.62 bits per heavy atom. The number of alkyl halides is 1. The minimum atomic E-state index is -0.568. The summed E-state index contributed by atoms with van der Waals surface area (Å²) in [6, 6.07) is 0. The van der Waals surface area contributed by atoms with Crippen molar-refractivity contribution in [3.8, 4) is 0 Å². The third-order valence-corrected chi connectivity index (χ3v) is 0.707. The summed E-state index contributed by atoms with van der Waals surface area (Å²) in [5.74, 6) is 0.722. The van der Waals surface area contributed by atoms with Crippen LogP contribution in [-0.2, 0) is 8.85 Å². The molecule has 0 N–H and O–H groups in total. The van der Waals surface area contributed by atoms with Crippen LogP contribution in [0, 0.1) is 0 Å². The van der Waals surface area contributed by atoms with Gasteiger partial charge in [-0.1, -0.05) is 6.92 Å². The summed E-state index contributed by atoms with van der Waals surface area (Å²) in [6.45, 7) is 1.89. The van der Waals surface area contributed by atoms with Crippen LogP contribution in [-0.4, -0.2) is 30.1 Å². The molecule has 0 aromatic rings. The maximum atomic E-state index is 5.00. The Labute approximate surface area is 58.2 Å². The number of hydrogen-bond donors (Lipinski definition) is 0. The van der Waals surface area contributed by atoms with E-state index in [0.717, 1.165) is 5.88 Å². The Hall–Kier alpha value is 0.427. The monoisotopic (exact) mass is 156 g/mol. The average Bonchev–Trinajstić information content (AvgIpc) is 1.71. The highest BCUT2D eigenvalue weighted by Gasteiger charge is 1.67. The van der Waals surface area contributed by atoms with Crippen molar-refractivity contribution in [2.45, 2.75) is 6.92 Å². The molecule has 2 nitrogen and oxygen atoms in total. The van der Waals surface area contributed by atoms with Gasteiger partial charge in [-0.2, -0.15) is 0 Å². The minimum Gasteiger partial charge on any atom is -0.402 e. The zero-order valence-electron chi connectivity index (χ0n) is 5.61. The summed E-state index contributed by atoms with van der Waals surface area (Å²) in [5, 5.41) is 0. The minimum absolute atomic E-state index is 0.568. The molecule has 0 aliphatic heterocycles. The van der Waals surface area contributed by atoms with Crippen LogP contribution in [0.25, 0.3) is 0 Å². The Bertz CT molecular complexity index is 28.0. The summed E-state index contributed by atoms with van der Waals surface area (Å²) in [7, 11) is 2.73. The van der Waals surface area contributed by atoms with Crippen molar-refractivity contribution >= 4 is 21.6 Å². The molecule has 0 aromatic carbocycles. The Morgan fingerprint density at radius 1 is 1.38 bits per heavy atom.